The normalized spacial score (nSPS) is 26.2. The van der Waals surface area contributed by atoms with Gasteiger partial charge in [-0.15, -0.1) is 0 Å². The number of rotatable bonds is 5. The largest absolute Gasteiger partial charge is 0.342 e. The number of benzene rings is 1. The highest BCUT2D eigenvalue weighted by Gasteiger charge is 2.66. The predicted octanol–water partition coefficient (Wildman–Crippen LogP) is 2.23. The van der Waals surface area contributed by atoms with Gasteiger partial charge in [0.05, 0.1) is 6.61 Å². The Morgan fingerprint density at radius 3 is 2.24 bits per heavy atom. The monoisotopic (exact) mass is 235 g/mol. The topological polar surface area (TPSA) is 25.0 Å². The molecule has 0 spiro atoms. The van der Waals surface area contributed by atoms with E-state index in [2.05, 4.69) is 30.9 Å². The molecule has 0 N–H and O–H groups in total. The minimum atomic E-state index is -0.551. The molecule has 0 aromatic heterocycles. The molecule has 3 nitrogen and oxygen atoms in total. The molecule has 0 aliphatic carbocycles. The summed E-state index contributed by atoms with van der Waals surface area (Å²) in [6.07, 6.45) is 0. The zero-order chi connectivity index (χ0) is 12.5. The van der Waals surface area contributed by atoms with Crippen LogP contribution in [0.15, 0.2) is 30.3 Å². The summed E-state index contributed by atoms with van der Waals surface area (Å²) in [5, 5.41) is 0. The highest BCUT2D eigenvalue weighted by molar-refractivity contribution is 5.29. The summed E-state index contributed by atoms with van der Waals surface area (Å²) in [5.41, 5.74) is 0.865. The van der Waals surface area contributed by atoms with Crippen LogP contribution in [0, 0.1) is 0 Å². The quantitative estimate of drug-likeness (QED) is 0.732. The van der Waals surface area contributed by atoms with E-state index in [4.69, 9.17) is 9.47 Å². The second-order valence-electron chi connectivity index (χ2n) is 5.25. The molecule has 1 unspecified atom stereocenters. The van der Waals surface area contributed by atoms with Crippen molar-refractivity contribution in [2.45, 2.75) is 25.2 Å². The molecular formula is C14H21NO2. The van der Waals surface area contributed by atoms with E-state index in [1.165, 1.54) is 0 Å². The third kappa shape index (κ3) is 2.37. The maximum Gasteiger partial charge on any atom is 0.225 e. The minimum absolute atomic E-state index is 0.235. The summed E-state index contributed by atoms with van der Waals surface area (Å²) in [6.45, 7) is 5.70. The summed E-state index contributed by atoms with van der Waals surface area (Å²) < 4.78 is 11.8. The lowest BCUT2D eigenvalue weighted by atomic mass is 9.99. The standard InChI is InChI=1S/C14H21NO2/c1-13(2)14(17-13,16-11-10-15(3)4)12-8-6-5-7-9-12/h5-9H,10-11H2,1-4H3. The average molecular weight is 235 g/mol. The first-order chi connectivity index (χ1) is 7.98. The van der Waals surface area contributed by atoms with Gasteiger partial charge in [0, 0.05) is 12.1 Å². The van der Waals surface area contributed by atoms with E-state index in [0.29, 0.717) is 6.61 Å². The lowest BCUT2D eigenvalue weighted by Gasteiger charge is -2.18. The first kappa shape index (κ1) is 12.6. The summed E-state index contributed by atoms with van der Waals surface area (Å²) in [6, 6.07) is 10.2. The Morgan fingerprint density at radius 2 is 1.76 bits per heavy atom. The van der Waals surface area contributed by atoms with Gasteiger partial charge in [0.2, 0.25) is 5.79 Å². The van der Waals surface area contributed by atoms with Crippen LogP contribution in [0.2, 0.25) is 0 Å². The van der Waals surface area contributed by atoms with Crippen LogP contribution in [-0.2, 0) is 15.3 Å². The summed E-state index contributed by atoms with van der Waals surface area (Å²) >= 11 is 0. The highest BCUT2D eigenvalue weighted by atomic mass is 16.8. The van der Waals surface area contributed by atoms with Crippen molar-refractivity contribution in [3.63, 3.8) is 0 Å². The number of hydrogen-bond acceptors (Lipinski definition) is 3. The van der Waals surface area contributed by atoms with E-state index < -0.39 is 5.79 Å². The SMILES string of the molecule is CN(C)CCOC1(c2ccccc2)OC1(C)C. The Labute approximate surface area is 103 Å². The fraction of sp³-hybridized carbons (Fsp3) is 0.571. The molecule has 1 atom stereocenters. The predicted molar refractivity (Wildman–Crippen MR) is 67.8 cm³/mol. The average Bonchev–Trinajstić information content (AvgIpc) is 2.83. The lowest BCUT2D eigenvalue weighted by Crippen LogP contribution is -2.27. The van der Waals surface area contributed by atoms with Crippen molar-refractivity contribution in [3.05, 3.63) is 35.9 Å². The van der Waals surface area contributed by atoms with Crippen molar-refractivity contribution < 1.29 is 9.47 Å². The van der Waals surface area contributed by atoms with Crippen LogP contribution in [-0.4, -0.2) is 37.7 Å². The van der Waals surface area contributed by atoms with Crippen LogP contribution in [0.25, 0.3) is 0 Å². The highest BCUT2D eigenvalue weighted by Crippen LogP contribution is 2.56. The van der Waals surface area contributed by atoms with Gasteiger partial charge in [-0.3, -0.25) is 0 Å². The van der Waals surface area contributed by atoms with Gasteiger partial charge in [0.1, 0.15) is 5.60 Å². The van der Waals surface area contributed by atoms with E-state index in [0.717, 1.165) is 12.1 Å². The lowest BCUT2D eigenvalue weighted by molar-refractivity contribution is -0.0531. The fourth-order valence-electron chi connectivity index (χ4n) is 2.06. The smallest absolute Gasteiger partial charge is 0.225 e. The van der Waals surface area contributed by atoms with Crippen molar-refractivity contribution in [1.82, 2.24) is 4.90 Å². The molecule has 2 rings (SSSR count). The summed E-state index contributed by atoms with van der Waals surface area (Å²) in [7, 11) is 4.08. The Balaban J connectivity index is 2.08. The molecule has 0 bridgehead atoms. The van der Waals surface area contributed by atoms with Gasteiger partial charge >= 0.3 is 0 Å². The van der Waals surface area contributed by atoms with Crippen molar-refractivity contribution in [1.29, 1.82) is 0 Å². The van der Waals surface area contributed by atoms with E-state index in [-0.39, 0.29) is 5.60 Å². The van der Waals surface area contributed by atoms with Crippen LogP contribution < -0.4 is 0 Å². The third-order valence-electron chi connectivity index (χ3n) is 3.15. The fourth-order valence-corrected chi connectivity index (χ4v) is 2.06. The molecule has 1 saturated heterocycles. The van der Waals surface area contributed by atoms with Crippen LogP contribution >= 0.6 is 0 Å². The molecule has 0 amide bonds. The van der Waals surface area contributed by atoms with Crippen molar-refractivity contribution in [3.8, 4) is 0 Å². The number of likely N-dealkylation sites (N-methyl/N-ethyl adjacent to an activating group) is 1. The zero-order valence-electron chi connectivity index (χ0n) is 11.1. The van der Waals surface area contributed by atoms with Gasteiger partial charge in [-0.2, -0.15) is 0 Å². The summed E-state index contributed by atoms with van der Waals surface area (Å²) in [4.78, 5) is 2.11. The molecule has 1 aromatic carbocycles. The molecule has 17 heavy (non-hydrogen) atoms. The molecule has 94 valence electrons. The number of ether oxygens (including phenoxy) is 2. The Bertz CT molecular complexity index is 375. The second kappa shape index (κ2) is 4.41. The maximum absolute atomic E-state index is 5.99. The number of hydrogen-bond donors (Lipinski definition) is 0. The van der Waals surface area contributed by atoms with E-state index in [1.54, 1.807) is 0 Å². The molecule has 1 aliphatic heterocycles. The van der Waals surface area contributed by atoms with E-state index >= 15 is 0 Å². The molecule has 0 saturated carbocycles. The van der Waals surface area contributed by atoms with E-state index in [1.807, 2.05) is 32.3 Å². The molecule has 1 fully saturated rings. The zero-order valence-corrected chi connectivity index (χ0v) is 11.1. The van der Waals surface area contributed by atoms with Crippen LogP contribution in [0.3, 0.4) is 0 Å². The Kier molecular flexibility index (Phi) is 3.25. The molecule has 0 radical (unpaired) electrons. The van der Waals surface area contributed by atoms with Gasteiger partial charge in [-0.05, 0) is 27.9 Å². The van der Waals surface area contributed by atoms with Crippen molar-refractivity contribution in [2.24, 2.45) is 0 Å². The molecule has 1 aromatic rings. The van der Waals surface area contributed by atoms with Crippen molar-refractivity contribution in [2.75, 3.05) is 27.2 Å². The van der Waals surface area contributed by atoms with Crippen molar-refractivity contribution >= 4 is 0 Å². The summed E-state index contributed by atoms with van der Waals surface area (Å²) in [5.74, 6) is -0.551. The van der Waals surface area contributed by atoms with Crippen LogP contribution in [0.4, 0.5) is 0 Å². The van der Waals surface area contributed by atoms with Gasteiger partial charge in [0.25, 0.3) is 0 Å². The van der Waals surface area contributed by atoms with Gasteiger partial charge in [0.15, 0.2) is 0 Å². The number of nitrogens with zero attached hydrogens (tertiary/aromatic N) is 1. The van der Waals surface area contributed by atoms with Crippen LogP contribution in [0.1, 0.15) is 19.4 Å². The minimum Gasteiger partial charge on any atom is -0.342 e. The third-order valence-corrected chi connectivity index (χ3v) is 3.15. The number of epoxide rings is 1. The second-order valence-corrected chi connectivity index (χ2v) is 5.25. The maximum atomic E-state index is 5.99. The van der Waals surface area contributed by atoms with Gasteiger partial charge in [-0.25, -0.2) is 0 Å². The molecular weight excluding hydrogens is 214 g/mol. The first-order valence-corrected chi connectivity index (χ1v) is 6.02. The first-order valence-electron chi connectivity index (χ1n) is 6.02. The van der Waals surface area contributed by atoms with Gasteiger partial charge < -0.3 is 14.4 Å². The van der Waals surface area contributed by atoms with Gasteiger partial charge in [-0.1, -0.05) is 30.3 Å². The molecule has 3 heteroatoms. The molecule has 1 aliphatic rings. The molecule has 1 heterocycles. The Morgan fingerprint density at radius 1 is 1.18 bits per heavy atom. The Hall–Kier alpha value is -0.900. The van der Waals surface area contributed by atoms with Crippen LogP contribution in [0.5, 0.6) is 0 Å². The van der Waals surface area contributed by atoms with E-state index in [9.17, 15) is 0 Å².